The van der Waals surface area contributed by atoms with Gasteiger partial charge in [0.2, 0.25) is 5.91 Å². The van der Waals surface area contributed by atoms with Crippen molar-refractivity contribution in [1.82, 2.24) is 9.78 Å². The molecule has 0 aliphatic carbocycles. The largest absolute Gasteiger partial charge is 0.482 e. The van der Waals surface area contributed by atoms with Crippen molar-refractivity contribution in [3.63, 3.8) is 0 Å². The zero-order valence-electron chi connectivity index (χ0n) is 12.6. The maximum absolute atomic E-state index is 12.1. The van der Waals surface area contributed by atoms with Crippen LogP contribution in [0.2, 0.25) is 0 Å². The molecule has 1 N–H and O–H groups in total. The van der Waals surface area contributed by atoms with Crippen molar-refractivity contribution in [2.24, 2.45) is 7.05 Å². The maximum atomic E-state index is 12.1. The second-order valence-corrected chi connectivity index (χ2v) is 5.10. The second-order valence-electron chi connectivity index (χ2n) is 5.10. The summed E-state index contributed by atoms with van der Waals surface area (Å²) in [4.78, 5) is 35.7. The number of carbonyl (C=O) groups excluding carboxylic acids is 2. The molecule has 10 nitrogen and oxygen atoms in total. The van der Waals surface area contributed by atoms with Crippen LogP contribution in [0, 0.1) is 10.1 Å². The Bertz CT molecular complexity index is 831. The molecule has 10 heteroatoms. The lowest BCUT2D eigenvalue weighted by molar-refractivity contribution is -0.384. The molecule has 24 heavy (non-hydrogen) atoms. The smallest absolute Gasteiger partial charge is 0.271 e. The van der Waals surface area contributed by atoms with E-state index in [0.717, 1.165) is 4.90 Å². The zero-order chi connectivity index (χ0) is 17.3. The lowest BCUT2D eigenvalue weighted by atomic mass is 10.2. The van der Waals surface area contributed by atoms with E-state index in [1.807, 2.05) is 0 Å². The van der Waals surface area contributed by atoms with Crippen LogP contribution in [0.3, 0.4) is 0 Å². The van der Waals surface area contributed by atoms with Gasteiger partial charge in [-0.25, -0.2) is 0 Å². The molecule has 1 aliphatic rings. The Labute approximate surface area is 135 Å². The molecule has 1 aliphatic heterocycles. The van der Waals surface area contributed by atoms with Gasteiger partial charge in [0.1, 0.15) is 12.3 Å². The average molecular weight is 331 g/mol. The number of amides is 2. The van der Waals surface area contributed by atoms with Crippen molar-refractivity contribution in [1.29, 1.82) is 0 Å². The second kappa shape index (κ2) is 5.99. The SMILES string of the molecule is Cn1ccc(NC(=O)CN2C(=O)COc3ccc([N+](=O)[O-])cc32)n1. The van der Waals surface area contributed by atoms with Crippen LogP contribution in [0.15, 0.2) is 30.5 Å². The molecule has 2 heterocycles. The standard InChI is InChI=1S/C14H13N5O5/c1-17-5-4-12(16-17)15-13(20)7-18-10-6-9(19(22)23)2-3-11(10)24-8-14(18)21/h2-6H,7-8H2,1H3,(H,15,16,20). The van der Waals surface area contributed by atoms with E-state index in [1.54, 1.807) is 19.3 Å². The van der Waals surface area contributed by atoms with Gasteiger partial charge in [-0.05, 0) is 6.07 Å². The van der Waals surface area contributed by atoms with E-state index in [-0.39, 0.29) is 24.5 Å². The minimum atomic E-state index is -0.578. The van der Waals surface area contributed by atoms with E-state index >= 15 is 0 Å². The maximum Gasteiger partial charge on any atom is 0.271 e. The van der Waals surface area contributed by atoms with Crippen molar-refractivity contribution in [3.8, 4) is 5.75 Å². The summed E-state index contributed by atoms with van der Waals surface area (Å²) in [7, 11) is 1.70. The van der Waals surface area contributed by atoms with E-state index in [2.05, 4.69) is 10.4 Å². The van der Waals surface area contributed by atoms with Crippen LogP contribution in [-0.2, 0) is 16.6 Å². The molecule has 0 saturated heterocycles. The Morgan fingerprint density at radius 1 is 1.46 bits per heavy atom. The summed E-state index contributed by atoms with van der Waals surface area (Å²) >= 11 is 0. The summed E-state index contributed by atoms with van der Waals surface area (Å²) in [5.74, 6) is -0.270. The number of benzene rings is 1. The Hall–Kier alpha value is -3.43. The van der Waals surface area contributed by atoms with E-state index in [0.29, 0.717) is 11.6 Å². The van der Waals surface area contributed by atoms with Crippen LogP contribution in [0.1, 0.15) is 0 Å². The summed E-state index contributed by atoms with van der Waals surface area (Å²) < 4.78 is 6.76. The number of rotatable bonds is 4. The Kier molecular flexibility index (Phi) is 3.86. The highest BCUT2D eigenvalue weighted by Gasteiger charge is 2.29. The van der Waals surface area contributed by atoms with Crippen molar-refractivity contribution >= 4 is 29.0 Å². The number of aryl methyl sites for hydroxylation is 1. The molecule has 2 amide bonds. The number of ether oxygens (including phenoxy) is 1. The molecule has 1 aromatic heterocycles. The third kappa shape index (κ3) is 3.02. The van der Waals surface area contributed by atoms with Crippen LogP contribution < -0.4 is 15.0 Å². The molecule has 0 bridgehead atoms. The first-order chi connectivity index (χ1) is 11.4. The van der Waals surface area contributed by atoms with Crippen LogP contribution >= 0.6 is 0 Å². The van der Waals surface area contributed by atoms with Gasteiger partial charge in [-0.3, -0.25) is 29.3 Å². The topological polar surface area (TPSA) is 120 Å². The van der Waals surface area contributed by atoms with Crippen molar-refractivity contribution in [2.75, 3.05) is 23.4 Å². The first-order valence-electron chi connectivity index (χ1n) is 6.95. The molecule has 0 atom stereocenters. The summed E-state index contributed by atoms with van der Waals surface area (Å²) in [5, 5.41) is 17.5. The molecule has 1 aromatic carbocycles. The molecular weight excluding hydrogens is 318 g/mol. The van der Waals surface area contributed by atoms with E-state index in [9.17, 15) is 19.7 Å². The lowest BCUT2D eigenvalue weighted by Crippen LogP contribution is -2.43. The van der Waals surface area contributed by atoms with Crippen LogP contribution in [0.5, 0.6) is 5.75 Å². The molecule has 0 spiro atoms. The van der Waals surface area contributed by atoms with Crippen molar-refractivity contribution in [2.45, 2.75) is 0 Å². The lowest BCUT2D eigenvalue weighted by Gasteiger charge is -2.28. The van der Waals surface area contributed by atoms with Gasteiger partial charge in [-0.15, -0.1) is 0 Å². The minimum Gasteiger partial charge on any atom is -0.482 e. The Balaban J connectivity index is 1.82. The van der Waals surface area contributed by atoms with Crippen LogP contribution in [-0.4, -0.2) is 39.7 Å². The fraction of sp³-hybridized carbons (Fsp3) is 0.214. The molecule has 124 valence electrons. The number of hydrogen-bond acceptors (Lipinski definition) is 6. The van der Waals surface area contributed by atoms with Gasteiger partial charge >= 0.3 is 0 Å². The number of nitro benzene ring substituents is 1. The number of nitrogens with zero attached hydrogens (tertiary/aromatic N) is 4. The quantitative estimate of drug-likeness (QED) is 0.650. The number of hydrogen-bond donors (Lipinski definition) is 1. The molecular formula is C14H13N5O5. The fourth-order valence-corrected chi connectivity index (χ4v) is 2.29. The number of non-ortho nitro benzene ring substituents is 1. The summed E-state index contributed by atoms with van der Waals surface area (Å²) in [6.07, 6.45) is 1.66. The number of fused-ring (bicyclic) bond motifs is 1. The van der Waals surface area contributed by atoms with Gasteiger partial charge in [-0.1, -0.05) is 0 Å². The first-order valence-corrected chi connectivity index (χ1v) is 6.95. The summed E-state index contributed by atoms with van der Waals surface area (Å²) in [5.41, 5.74) is -0.00111. The van der Waals surface area contributed by atoms with E-state index < -0.39 is 16.7 Å². The van der Waals surface area contributed by atoms with Gasteiger partial charge < -0.3 is 10.1 Å². The van der Waals surface area contributed by atoms with E-state index in [1.165, 1.54) is 22.9 Å². The van der Waals surface area contributed by atoms with Gasteiger partial charge in [0.25, 0.3) is 11.6 Å². The average Bonchev–Trinajstić information content (AvgIpc) is 2.94. The molecule has 0 radical (unpaired) electrons. The van der Waals surface area contributed by atoms with Gasteiger partial charge in [0.05, 0.1) is 10.6 Å². The third-order valence-electron chi connectivity index (χ3n) is 3.38. The Morgan fingerprint density at radius 3 is 2.92 bits per heavy atom. The van der Waals surface area contributed by atoms with Gasteiger partial charge in [-0.2, -0.15) is 5.10 Å². The molecule has 2 aromatic rings. The predicted molar refractivity (Wildman–Crippen MR) is 82.8 cm³/mol. The highest BCUT2D eigenvalue weighted by atomic mass is 16.6. The number of anilines is 2. The first kappa shape index (κ1) is 15.5. The third-order valence-corrected chi connectivity index (χ3v) is 3.38. The molecule has 0 fully saturated rings. The van der Waals surface area contributed by atoms with Crippen molar-refractivity contribution in [3.05, 3.63) is 40.6 Å². The van der Waals surface area contributed by atoms with Crippen LogP contribution in [0.4, 0.5) is 17.2 Å². The van der Waals surface area contributed by atoms with Crippen molar-refractivity contribution < 1.29 is 19.2 Å². The number of nitrogens with one attached hydrogen (secondary N) is 1. The number of nitro groups is 1. The highest BCUT2D eigenvalue weighted by Crippen LogP contribution is 2.35. The molecule has 0 unspecified atom stereocenters. The highest BCUT2D eigenvalue weighted by molar-refractivity contribution is 6.04. The van der Waals surface area contributed by atoms with E-state index in [4.69, 9.17) is 4.74 Å². The fourth-order valence-electron chi connectivity index (χ4n) is 2.29. The normalized spacial score (nSPS) is 13.2. The summed E-state index contributed by atoms with van der Waals surface area (Å²) in [6.45, 7) is -0.533. The Morgan fingerprint density at radius 2 is 2.25 bits per heavy atom. The summed E-state index contributed by atoms with van der Waals surface area (Å²) in [6, 6.07) is 5.50. The zero-order valence-corrected chi connectivity index (χ0v) is 12.6. The monoisotopic (exact) mass is 331 g/mol. The number of carbonyl (C=O) groups is 2. The van der Waals surface area contributed by atoms with Gasteiger partial charge in [0, 0.05) is 31.4 Å². The van der Waals surface area contributed by atoms with Crippen LogP contribution in [0.25, 0.3) is 0 Å². The number of aromatic nitrogens is 2. The predicted octanol–water partition coefficient (Wildman–Crippen LogP) is 0.692. The minimum absolute atomic E-state index is 0.191. The molecule has 0 saturated carbocycles. The molecule has 3 rings (SSSR count). The van der Waals surface area contributed by atoms with Gasteiger partial charge in [0.15, 0.2) is 12.4 Å².